The molecule has 4 rings (SSSR count). The maximum Gasteiger partial charge on any atom is 0.275 e. The molecule has 2 heterocycles. The molecule has 1 aromatic heterocycles. The standard InChI is InChI=1S/C26H23F2N3O3S/c1-16-11-14-35-23(16)24(33)30-18-9-7-17(8-10-18)25(34)31-13-12-26(27,28)20(15-22(32)29-2)19-5-3-4-6-21(19)31/h3-11,14-15H,12-13H2,1-2H3,(H,29,32)(H,30,33). The number of rotatable bonds is 4. The van der Waals surface area contributed by atoms with Gasteiger partial charge in [0.25, 0.3) is 17.7 Å². The van der Waals surface area contributed by atoms with Crippen LogP contribution in [0.1, 0.15) is 37.6 Å². The molecule has 9 heteroatoms. The molecule has 0 radical (unpaired) electrons. The number of carbonyl (C=O) groups excluding carboxylic acids is 3. The minimum Gasteiger partial charge on any atom is -0.356 e. The number of nitrogens with zero attached hydrogens (tertiary/aromatic N) is 1. The molecule has 0 spiro atoms. The van der Waals surface area contributed by atoms with Crippen LogP contribution in [0.25, 0.3) is 5.57 Å². The second-order valence-corrected chi connectivity index (χ2v) is 8.98. The zero-order valence-electron chi connectivity index (χ0n) is 19.1. The Bertz CT molecular complexity index is 1320. The lowest BCUT2D eigenvalue weighted by Crippen LogP contribution is -2.33. The number of fused-ring (bicyclic) bond motifs is 1. The minimum atomic E-state index is -3.30. The van der Waals surface area contributed by atoms with Gasteiger partial charge in [-0.1, -0.05) is 18.2 Å². The Morgan fingerprint density at radius 1 is 1.06 bits per heavy atom. The van der Waals surface area contributed by atoms with Crippen LogP contribution >= 0.6 is 11.3 Å². The number of halogens is 2. The van der Waals surface area contributed by atoms with Gasteiger partial charge in [-0.25, -0.2) is 8.78 Å². The van der Waals surface area contributed by atoms with Gasteiger partial charge in [-0.15, -0.1) is 11.3 Å². The third-order valence-corrected chi connectivity index (χ3v) is 6.77. The highest BCUT2D eigenvalue weighted by Gasteiger charge is 2.41. The molecular formula is C26H23F2N3O3S. The van der Waals surface area contributed by atoms with E-state index < -0.39 is 29.7 Å². The molecule has 0 saturated heterocycles. The Morgan fingerprint density at radius 3 is 2.43 bits per heavy atom. The van der Waals surface area contributed by atoms with Crippen molar-refractivity contribution in [3.63, 3.8) is 0 Å². The minimum absolute atomic E-state index is 0.127. The maximum atomic E-state index is 15.0. The van der Waals surface area contributed by atoms with Gasteiger partial charge in [0.15, 0.2) is 0 Å². The van der Waals surface area contributed by atoms with E-state index in [0.29, 0.717) is 16.3 Å². The number of amides is 3. The van der Waals surface area contributed by atoms with Crippen LogP contribution in [0, 0.1) is 6.92 Å². The summed E-state index contributed by atoms with van der Waals surface area (Å²) in [5.74, 6) is -4.65. The lowest BCUT2D eigenvalue weighted by atomic mass is 9.97. The van der Waals surface area contributed by atoms with Crippen molar-refractivity contribution in [2.24, 2.45) is 0 Å². The molecule has 0 atom stereocenters. The van der Waals surface area contributed by atoms with Crippen molar-refractivity contribution in [1.29, 1.82) is 0 Å². The second-order valence-electron chi connectivity index (χ2n) is 8.06. The normalized spacial score (nSPS) is 15.8. The van der Waals surface area contributed by atoms with Crippen molar-refractivity contribution in [2.45, 2.75) is 19.3 Å². The number of carbonyl (C=O) groups is 3. The highest BCUT2D eigenvalue weighted by molar-refractivity contribution is 7.12. The predicted octanol–water partition coefficient (Wildman–Crippen LogP) is 5.12. The Morgan fingerprint density at radius 2 is 1.77 bits per heavy atom. The fraction of sp³-hybridized carbons (Fsp3) is 0.192. The third kappa shape index (κ3) is 5.00. The van der Waals surface area contributed by atoms with Gasteiger partial charge in [-0.05, 0) is 54.3 Å². The molecule has 0 saturated carbocycles. The summed E-state index contributed by atoms with van der Waals surface area (Å²) < 4.78 is 30.1. The first kappa shape index (κ1) is 24.3. The zero-order chi connectivity index (χ0) is 25.2. The van der Waals surface area contributed by atoms with E-state index in [1.165, 1.54) is 29.4 Å². The van der Waals surface area contributed by atoms with Crippen LogP contribution in [0.3, 0.4) is 0 Å². The summed E-state index contributed by atoms with van der Waals surface area (Å²) in [6.45, 7) is 1.62. The number of hydrogen-bond acceptors (Lipinski definition) is 4. The van der Waals surface area contributed by atoms with Gasteiger partial charge >= 0.3 is 0 Å². The Labute approximate surface area is 205 Å². The van der Waals surface area contributed by atoms with E-state index >= 15 is 8.78 Å². The molecule has 2 N–H and O–H groups in total. The summed E-state index contributed by atoms with van der Waals surface area (Å²) in [6.07, 6.45) is 0.254. The number of alkyl halides is 2. The fourth-order valence-electron chi connectivity index (χ4n) is 3.88. The summed E-state index contributed by atoms with van der Waals surface area (Å²) in [5.41, 5.74) is 1.67. The quantitative estimate of drug-likeness (QED) is 0.493. The molecule has 0 aliphatic carbocycles. The van der Waals surface area contributed by atoms with Crippen LogP contribution in [0.15, 0.2) is 66.1 Å². The first-order valence-electron chi connectivity index (χ1n) is 10.9. The summed E-state index contributed by atoms with van der Waals surface area (Å²) in [7, 11) is 1.36. The first-order chi connectivity index (χ1) is 16.7. The number of likely N-dealkylation sites (N-methyl/N-ethyl adjacent to an activating group) is 1. The SMILES string of the molecule is CNC(=O)C=C1c2ccccc2N(C(=O)c2ccc(NC(=O)c3sccc3C)cc2)CCC1(F)F. The van der Waals surface area contributed by atoms with Crippen molar-refractivity contribution in [3.8, 4) is 0 Å². The lowest BCUT2D eigenvalue weighted by Gasteiger charge is -2.23. The Kier molecular flexibility index (Phi) is 6.79. The van der Waals surface area contributed by atoms with Gasteiger partial charge in [0.2, 0.25) is 5.91 Å². The molecule has 0 bridgehead atoms. The Hall–Kier alpha value is -3.85. The van der Waals surface area contributed by atoms with Gasteiger partial charge in [-0.2, -0.15) is 0 Å². The highest BCUT2D eigenvalue weighted by Crippen LogP contribution is 2.43. The average molecular weight is 496 g/mol. The van der Waals surface area contributed by atoms with Gasteiger partial charge < -0.3 is 15.5 Å². The molecule has 2 aromatic carbocycles. The van der Waals surface area contributed by atoms with E-state index in [0.717, 1.165) is 11.6 Å². The summed E-state index contributed by atoms with van der Waals surface area (Å²) >= 11 is 1.34. The molecular weight excluding hydrogens is 472 g/mol. The van der Waals surface area contributed by atoms with Crippen molar-refractivity contribution >= 4 is 46.0 Å². The number of hydrogen-bond donors (Lipinski definition) is 2. The Balaban J connectivity index is 1.62. The number of thiophene rings is 1. The molecule has 35 heavy (non-hydrogen) atoms. The van der Waals surface area contributed by atoms with Crippen molar-refractivity contribution in [3.05, 3.63) is 87.6 Å². The summed E-state index contributed by atoms with van der Waals surface area (Å²) in [5, 5.41) is 6.97. The molecule has 1 aliphatic rings. The largest absolute Gasteiger partial charge is 0.356 e. The number of para-hydroxylation sites is 1. The van der Waals surface area contributed by atoms with Crippen LogP contribution in [0.5, 0.6) is 0 Å². The fourth-order valence-corrected chi connectivity index (χ4v) is 4.70. The molecule has 3 aromatic rings. The molecule has 6 nitrogen and oxygen atoms in total. The molecule has 3 amide bonds. The number of benzene rings is 2. The van der Waals surface area contributed by atoms with Crippen LogP contribution < -0.4 is 15.5 Å². The van der Waals surface area contributed by atoms with Gasteiger partial charge in [0, 0.05) is 48.5 Å². The third-order valence-electron chi connectivity index (χ3n) is 5.75. The highest BCUT2D eigenvalue weighted by atomic mass is 32.1. The number of anilines is 2. The smallest absolute Gasteiger partial charge is 0.275 e. The van der Waals surface area contributed by atoms with E-state index in [-0.39, 0.29) is 23.6 Å². The van der Waals surface area contributed by atoms with Crippen LogP contribution in [0.2, 0.25) is 0 Å². The average Bonchev–Trinajstić information content (AvgIpc) is 3.24. The van der Waals surface area contributed by atoms with Crippen LogP contribution in [-0.2, 0) is 4.79 Å². The van der Waals surface area contributed by atoms with E-state index in [4.69, 9.17) is 0 Å². The van der Waals surface area contributed by atoms with Crippen molar-refractivity contribution in [2.75, 3.05) is 23.8 Å². The first-order valence-corrected chi connectivity index (χ1v) is 11.8. The molecule has 0 fully saturated rings. The van der Waals surface area contributed by atoms with Crippen LogP contribution in [0.4, 0.5) is 20.2 Å². The summed E-state index contributed by atoms with van der Waals surface area (Å²) in [6, 6.07) is 14.5. The van der Waals surface area contributed by atoms with Gasteiger partial charge in [-0.3, -0.25) is 14.4 Å². The molecule has 0 unspecified atom stereocenters. The topological polar surface area (TPSA) is 78.5 Å². The van der Waals surface area contributed by atoms with Gasteiger partial charge in [0.1, 0.15) is 0 Å². The van der Waals surface area contributed by atoms with Gasteiger partial charge in [0.05, 0.1) is 10.6 Å². The number of allylic oxidation sites excluding steroid dienone is 1. The lowest BCUT2D eigenvalue weighted by molar-refractivity contribution is -0.116. The predicted molar refractivity (Wildman–Crippen MR) is 133 cm³/mol. The molecule has 180 valence electrons. The number of nitrogens with one attached hydrogen (secondary N) is 2. The second kappa shape index (κ2) is 9.79. The molecule has 1 aliphatic heterocycles. The van der Waals surface area contributed by atoms with E-state index in [2.05, 4.69) is 10.6 Å². The van der Waals surface area contributed by atoms with E-state index in [1.807, 2.05) is 18.4 Å². The summed E-state index contributed by atoms with van der Waals surface area (Å²) in [4.78, 5) is 39.6. The number of aryl methyl sites for hydroxylation is 1. The van der Waals surface area contributed by atoms with Crippen molar-refractivity contribution in [1.82, 2.24) is 5.32 Å². The van der Waals surface area contributed by atoms with E-state index in [9.17, 15) is 14.4 Å². The van der Waals surface area contributed by atoms with E-state index in [1.54, 1.807) is 42.5 Å². The maximum absolute atomic E-state index is 15.0. The zero-order valence-corrected chi connectivity index (χ0v) is 19.9. The monoisotopic (exact) mass is 495 g/mol. The van der Waals surface area contributed by atoms with Crippen molar-refractivity contribution < 1.29 is 23.2 Å². The van der Waals surface area contributed by atoms with Crippen LogP contribution in [-0.4, -0.2) is 37.2 Å².